The van der Waals surface area contributed by atoms with E-state index >= 15 is 0 Å². The molecular weight excluding hydrogens is 700 g/mol. The highest BCUT2D eigenvalue weighted by atomic mass is 31.2. The molecule has 0 aliphatic carbocycles. The van der Waals surface area contributed by atoms with Crippen molar-refractivity contribution in [3.8, 4) is 5.75 Å². The number of aromatic nitrogens is 1. The van der Waals surface area contributed by atoms with Crippen LogP contribution in [0.4, 0.5) is 4.39 Å². The van der Waals surface area contributed by atoms with Crippen molar-refractivity contribution in [3.63, 3.8) is 0 Å². The summed E-state index contributed by atoms with van der Waals surface area (Å²) >= 11 is 0. The zero-order chi connectivity index (χ0) is 36.7. The highest BCUT2D eigenvalue weighted by Crippen LogP contribution is 2.53. The minimum Gasteiger partial charge on any atom is -0.497 e. The van der Waals surface area contributed by atoms with Crippen molar-refractivity contribution in [2.75, 3.05) is 46.5 Å². The van der Waals surface area contributed by atoms with Gasteiger partial charge in [0, 0.05) is 37.3 Å². The number of methoxy groups -OCH3 is 1. The molecule has 0 radical (unpaired) electrons. The molecule has 4 heterocycles. The normalized spacial score (nSPS) is 21.8. The predicted molar refractivity (Wildman–Crippen MR) is 183 cm³/mol. The molecular formula is C35H37FN5O10P. The highest BCUT2D eigenvalue weighted by Gasteiger charge is 2.47. The van der Waals surface area contributed by atoms with Crippen LogP contribution in [0.3, 0.4) is 0 Å². The lowest BCUT2D eigenvalue weighted by atomic mass is 10.0. The van der Waals surface area contributed by atoms with Gasteiger partial charge in [-0.25, -0.2) is 4.39 Å². The Morgan fingerprint density at radius 1 is 0.981 bits per heavy atom. The molecule has 15 nitrogen and oxygen atoms in total. The van der Waals surface area contributed by atoms with E-state index in [-0.39, 0.29) is 41.9 Å². The van der Waals surface area contributed by atoms with Gasteiger partial charge >= 0.3 is 7.60 Å². The minimum atomic E-state index is -5.08. The molecule has 7 rings (SSSR count). The molecule has 1 aromatic heterocycles. The molecule has 3 fully saturated rings. The third kappa shape index (κ3) is 6.86. The van der Waals surface area contributed by atoms with Gasteiger partial charge in [-0.15, -0.1) is 0 Å². The van der Waals surface area contributed by atoms with Gasteiger partial charge < -0.3 is 43.8 Å². The van der Waals surface area contributed by atoms with Crippen LogP contribution in [-0.4, -0.2) is 118 Å². The third-order valence-electron chi connectivity index (χ3n) is 9.97. The van der Waals surface area contributed by atoms with E-state index in [1.54, 1.807) is 34.1 Å². The standard InChI is InChI=1S/C35H37FN5O10P/c1-49-25-7-8-26-29(18-25)51-38-30(26)35(45)40-11-10-24-6-9-28(34(44)39-12-14-50-15-13-39)41(24)33(43)27(19-40)37-32(42)22-5-3-20-2-4-21(16-23(20)17-22)31(36)52(46,47)48/h2-5,7-8,16-18,24,27-28,31H,6,9-15,19H2,1H3,(H,37,42)(H2,46,47,48)/t24-,27+,28+,31?/m1/s1. The second-order valence-electron chi connectivity index (χ2n) is 13.1. The van der Waals surface area contributed by atoms with E-state index in [1.165, 1.54) is 42.3 Å². The van der Waals surface area contributed by atoms with E-state index in [2.05, 4.69) is 10.5 Å². The fraction of sp³-hybridized carbons (Fsp3) is 0.400. The Balaban J connectivity index is 1.20. The number of morpholine rings is 1. The maximum absolute atomic E-state index is 14.5. The Hall–Kier alpha value is -4.89. The number of fused-ring (bicyclic) bond motifs is 3. The number of nitrogens with one attached hydrogen (secondary N) is 1. The average molecular weight is 738 g/mol. The summed E-state index contributed by atoms with van der Waals surface area (Å²) in [6, 6.07) is 11.1. The second kappa shape index (κ2) is 14.3. The Kier molecular flexibility index (Phi) is 9.74. The number of carbonyl (C=O) groups excluding carboxylic acids is 4. The molecule has 3 aliphatic heterocycles. The van der Waals surface area contributed by atoms with Crippen LogP contribution in [-0.2, 0) is 18.9 Å². The molecule has 3 N–H and O–H groups in total. The van der Waals surface area contributed by atoms with Gasteiger partial charge in [-0.3, -0.25) is 23.7 Å². The largest absolute Gasteiger partial charge is 0.497 e. The molecule has 0 saturated carbocycles. The van der Waals surface area contributed by atoms with Crippen molar-refractivity contribution in [2.45, 2.75) is 43.3 Å². The molecule has 4 aromatic rings. The smallest absolute Gasteiger partial charge is 0.363 e. The summed E-state index contributed by atoms with van der Waals surface area (Å²) < 4.78 is 42.2. The summed E-state index contributed by atoms with van der Waals surface area (Å²) in [5, 5.41) is 8.18. The van der Waals surface area contributed by atoms with Gasteiger partial charge in [0.25, 0.3) is 11.8 Å². The molecule has 0 spiro atoms. The van der Waals surface area contributed by atoms with E-state index < -0.39 is 43.3 Å². The Morgan fingerprint density at radius 2 is 1.75 bits per heavy atom. The number of alkyl halides is 1. The predicted octanol–water partition coefficient (Wildman–Crippen LogP) is 3.00. The van der Waals surface area contributed by atoms with Gasteiger partial charge in [-0.1, -0.05) is 23.4 Å². The maximum atomic E-state index is 14.5. The fourth-order valence-electron chi connectivity index (χ4n) is 7.24. The number of rotatable bonds is 7. The minimum absolute atomic E-state index is 0.0335. The molecule has 52 heavy (non-hydrogen) atoms. The topological polar surface area (TPSA) is 192 Å². The quantitative estimate of drug-likeness (QED) is 0.236. The van der Waals surface area contributed by atoms with Crippen LogP contribution in [0.15, 0.2) is 59.1 Å². The first-order chi connectivity index (χ1) is 24.9. The number of hydrogen-bond acceptors (Lipinski definition) is 9. The van der Waals surface area contributed by atoms with Gasteiger partial charge in [0.1, 0.15) is 17.8 Å². The zero-order valence-corrected chi connectivity index (χ0v) is 29.0. The van der Waals surface area contributed by atoms with E-state index in [0.29, 0.717) is 73.1 Å². The molecule has 4 amide bonds. The third-order valence-corrected chi connectivity index (χ3v) is 10.9. The number of hydrogen-bond donors (Lipinski definition) is 3. The molecule has 4 atom stereocenters. The molecule has 274 valence electrons. The Morgan fingerprint density at radius 3 is 2.50 bits per heavy atom. The Labute approximate surface area is 296 Å². The summed E-state index contributed by atoms with van der Waals surface area (Å²) in [6.07, 6.45) is 1.35. The lowest BCUT2D eigenvalue weighted by Crippen LogP contribution is -2.61. The number of benzene rings is 3. The second-order valence-corrected chi connectivity index (χ2v) is 14.8. The molecule has 0 bridgehead atoms. The van der Waals surface area contributed by atoms with Crippen molar-refractivity contribution >= 4 is 53.0 Å². The van der Waals surface area contributed by atoms with Crippen molar-refractivity contribution in [2.24, 2.45) is 0 Å². The monoisotopic (exact) mass is 737 g/mol. The first-order valence-electron chi connectivity index (χ1n) is 16.9. The summed E-state index contributed by atoms with van der Waals surface area (Å²) in [7, 11) is -3.57. The van der Waals surface area contributed by atoms with E-state index in [4.69, 9.17) is 14.0 Å². The van der Waals surface area contributed by atoms with Gasteiger partial charge in [-0.05, 0) is 65.9 Å². The van der Waals surface area contributed by atoms with E-state index in [9.17, 15) is 37.9 Å². The average Bonchev–Trinajstić information content (AvgIpc) is 3.77. The first kappa shape index (κ1) is 35.5. The lowest BCUT2D eigenvalue weighted by molar-refractivity contribution is -0.149. The summed E-state index contributed by atoms with van der Waals surface area (Å²) in [6.45, 7) is 1.57. The number of ether oxygens (including phenoxy) is 2. The lowest BCUT2D eigenvalue weighted by Gasteiger charge is -2.40. The van der Waals surface area contributed by atoms with Crippen LogP contribution in [0.2, 0.25) is 0 Å². The molecule has 3 aliphatic rings. The van der Waals surface area contributed by atoms with Crippen LogP contribution < -0.4 is 10.1 Å². The van der Waals surface area contributed by atoms with Crippen molar-refractivity contribution < 1.29 is 51.9 Å². The number of amides is 4. The number of carbonyl (C=O) groups is 4. The van der Waals surface area contributed by atoms with Crippen LogP contribution in [0.25, 0.3) is 21.7 Å². The molecule has 1 unspecified atom stereocenters. The van der Waals surface area contributed by atoms with E-state index in [0.717, 1.165) is 0 Å². The zero-order valence-electron chi connectivity index (χ0n) is 28.1. The van der Waals surface area contributed by atoms with Crippen LogP contribution in [0.5, 0.6) is 5.75 Å². The van der Waals surface area contributed by atoms with E-state index in [1.807, 2.05) is 0 Å². The van der Waals surface area contributed by atoms with Crippen molar-refractivity contribution in [1.82, 2.24) is 25.2 Å². The van der Waals surface area contributed by atoms with Crippen LogP contribution in [0.1, 0.15) is 51.6 Å². The van der Waals surface area contributed by atoms with Gasteiger partial charge in [-0.2, -0.15) is 0 Å². The van der Waals surface area contributed by atoms with Gasteiger partial charge in [0.05, 0.1) is 32.3 Å². The first-order valence-corrected chi connectivity index (χ1v) is 18.6. The Bertz CT molecular complexity index is 2100. The maximum Gasteiger partial charge on any atom is 0.363 e. The number of halogens is 1. The molecule has 17 heteroatoms. The summed E-state index contributed by atoms with van der Waals surface area (Å²) in [5.74, 6) is -3.92. The molecule has 3 aromatic carbocycles. The SMILES string of the molecule is COc1ccc2c(C(=O)N3CC[C@H]4CC[C@@H](C(=O)N5CCOCC5)N4C(=O)[C@@H](NC(=O)c4ccc5ccc(C(F)P(=O)(O)O)cc5c4)C3)noc2c1. The summed E-state index contributed by atoms with van der Waals surface area (Å²) in [4.78, 5) is 79.6. The van der Waals surface area contributed by atoms with Crippen molar-refractivity contribution in [1.29, 1.82) is 0 Å². The highest BCUT2D eigenvalue weighted by molar-refractivity contribution is 7.51. The van der Waals surface area contributed by atoms with Crippen molar-refractivity contribution in [3.05, 3.63) is 71.4 Å². The summed E-state index contributed by atoms with van der Waals surface area (Å²) in [5.41, 5.74) is 0.199. The van der Waals surface area contributed by atoms with Gasteiger partial charge in [0.15, 0.2) is 11.3 Å². The molecule has 3 saturated heterocycles. The number of nitrogens with zero attached hydrogens (tertiary/aromatic N) is 4. The van der Waals surface area contributed by atoms with Crippen LogP contribution in [0, 0.1) is 0 Å². The van der Waals surface area contributed by atoms with Gasteiger partial charge in [0.2, 0.25) is 17.7 Å². The fourth-order valence-corrected chi connectivity index (χ4v) is 7.79. The van der Waals surface area contributed by atoms with Crippen LogP contribution >= 0.6 is 7.60 Å².